The van der Waals surface area contributed by atoms with Gasteiger partial charge in [-0.05, 0) is 60.2 Å². The normalized spacial score (nSPS) is 21.6. The van der Waals surface area contributed by atoms with Gasteiger partial charge in [-0.15, -0.1) is 0 Å². The number of halogens is 1. The summed E-state index contributed by atoms with van der Waals surface area (Å²) in [5.41, 5.74) is 2.81. The molecule has 1 aliphatic heterocycles. The number of aryl methyl sites for hydroxylation is 1. The molecule has 2 fully saturated rings. The number of carbonyl (C=O) groups is 2. The van der Waals surface area contributed by atoms with Crippen LogP contribution < -0.4 is 0 Å². The van der Waals surface area contributed by atoms with E-state index in [-0.39, 0.29) is 5.78 Å². The summed E-state index contributed by atoms with van der Waals surface area (Å²) in [6.07, 6.45) is 1.31. The van der Waals surface area contributed by atoms with E-state index < -0.39 is 17.5 Å². The highest BCUT2D eigenvalue weighted by atomic mass is 35.5. The Bertz CT molecular complexity index is 819. The molecule has 4 rings (SSSR count). The third-order valence-electron chi connectivity index (χ3n) is 4.71. The molecular formula is C19H15ClO3. The summed E-state index contributed by atoms with van der Waals surface area (Å²) in [6.45, 7) is 1.92. The summed E-state index contributed by atoms with van der Waals surface area (Å²) in [4.78, 5) is 24.8. The molecule has 1 saturated carbocycles. The molecule has 0 amide bonds. The molecule has 0 bridgehead atoms. The Hall–Kier alpha value is -2.13. The Balaban J connectivity index is 1.77. The number of carbonyl (C=O) groups excluding carboxylic acids is 2. The van der Waals surface area contributed by atoms with Crippen molar-refractivity contribution < 1.29 is 14.3 Å². The summed E-state index contributed by atoms with van der Waals surface area (Å²) in [5.74, 6) is -1.28. The molecule has 4 heteroatoms. The number of esters is 1. The van der Waals surface area contributed by atoms with Gasteiger partial charge < -0.3 is 4.74 Å². The minimum atomic E-state index is -0.815. The van der Waals surface area contributed by atoms with Crippen molar-refractivity contribution >= 4 is 23.4 Å². The molecule has 1 unspecified atom stereocenters. The largest absolute Gasteiger partial charge is 0.450 e. The number of Topliss-reactive ketones (excluding diaryl/α,β-unsaturated/α-hetero) is 1. The lowest BCUT2D eigenvalue weighted by Gasteiger charge is -2.12. The standard InChI is InChI=1S/C19H15ClO3/c1-11-2-3-13(12-4-6-14(20)7-5-12)10-15(11)16-17(21)19(8-9-19)23-18(16)22/h2-7,10,16H,8-9H2,1H3. The van der Waals surface area contributed by atoms with Crippen LogP contribution in [-0.4, -0.2) is 17.4 Å². The van der Waals surface area contributed by atoms with Crippen molar-refractivity contribution in [1.82, 2.24) is 0 Å². The minimum absolute atomic E-state index is 0.0844. The van der Waals surface area contributed by atoms with Crippen LogP contribution in [0.2, 0.25) is 5.02 Å². The topological polar surface area (TPSA) is 43.4 Å². The number of hydrogen-bond donors (Lipinski definition) is 0. The fourth-order valence-electron chi connectivity index (χ4n) is 3.18. The maximum absolute atomic E-state index is 12.6. The lowest BCUT2D eigenvalue weighted by Crippen LogP contribution is -2.21. The summed E-state index contributed by atoms with van der Waals surface area (Å²) in [7, 11) is 0. The first-order valence-electron chi connectivity index (χ1n) is 7.64. The maximum Gasteiger partial charge on any atom is 0.322 e. The third-order valence-corrected chi connectivity index (χ3v) is 4.97. The van der Waals surface area contributed by atoms with Crippen molar-refractivity contribution in [2.24, 2.45) is 0 Å². The lowest BCUT2D eigenvalue weighted by atomic mass is 9.88. The Morgan fingerprint density at radius 2 is 1.70 bits per heavy atom. The molecule has 1 spiro atoms. The van der Waals surface area contributed by atoms with Crippen molar-refractivity contribution in [3.8, 4) is 11.1 Å². The van der Waals surface area contributed by atoms with Crippen LogP contribution in [0.4, 0.5) is 0 Å². The molecule has 0 N–H and O–H groups in total. The van der Waals surface area contributed by atoms with Gasteiger partial charge in [-0.25, -0.2) is 0 Å². The van der Waals surface area contributed by atoms with Crippen molar-refractivity contribution in [2.75, 3.05) is 0 Å². The summed E-state index contributed by atoms with van der Waals surface area (Å²) < 4.78 is 5.35. The van der Waals surface area contributed by atoms with Crippen LogP contribution in [0.5, 0.6) is 0 Å². The van der Waals surface area contributed by atoms with Crippen LogP contribution in [0.15, 0.2) is 42.5 Å². The second-order valence-corrected chi connectivity index (χ2v) is 6.73. The number of hydrogen-bond acceptors (Lipinski definition) is 3. The van der Waals surface area contributed by atoms with Gasteiger partial charge in [0.05, 0.1) is 0 Å². The van der Waals surface area contributed by atoms with Gasteiger partial charge in [-0.1, -0.05) is 35.9 Å². The minimum Gasteiger partial charge on any atom is -0.450 e. The van der Waals surface area contributed by atoms with Crippen LogP contribution in [0, 0.1) is 6.92 Å². The van der Waals surface area contributed by atoms with E-state index in [4.69, 9.17) is 16.3 Å². The molecule has 2 aromatic carbocycles. The van der Waals surface area contributed by atoms with Crippen LogP contribution in [0.1, 0.15) is 29.9 Å². The van der Waals surface area contributed by atoms with Gasteiger partial charge in [0.1, 0.15) is 5.92 Å². The SMILES string of the molecule is Cc1ccc(-c2ccc(Cl)cc2)cc1C1C(=O)OC2(CC2)C1=O. The van der Waals surface area contributed by atoms with E-state index in [1.807, 2.05) is 49.4 Å². The van der Waals surface area contributed by atoms with E-state index in [9.17, 15) is 9.59 Å². The third kappa shape index (κ3) is 2.27. The first-order valence-corrected chi connectivity index (χ1v) is 8.02. The fraction of sp³-hybridized carbons (Fsp3) is 0.263. The van der Waals surface area contributed by atoms with E-state index in [0.717, 1.165) is 22.3 Å². The van der Waals surface area contributed by atoms with E-state index in [2.05, 4.69) is 0 Å². The molecule has 23 heavy (non-hydrogen) atoms. The zero-order valence-electron chi connectivity index (χ0n) is 12.6. The molecule has 0 radical (unpaired) electrons. The highest BCUT2D eigenvalue weighted by Gasteiger charge is 2.63. The van der Waals surface area contributed by atoms with Crippen LogP contribution >= 0.6 is 11.6 Å². The average Bonchev–Trinajstić information content (AvgIpc) is 3.26. The summed E-state index contributed by atoms with van der Waals surface area (Å²) in [6, 6.07) is 13.3. The van der Waals surface area contributed by atoms with Crippen molar-refractivity contribution in [2.45, 2.75) is 31.3 Å². The average molecular weight is 327 g/mol. The lowest BCUT2D eigenvalue weighted by molar-refractivity contribution is -0.144. The van der Waals surface area contributed by atoms with E-state index >= 15 is 0 Å². The molecule has 1 atom stereocenters. The Labute approximate surface area is 139 Å². The van der Waals surface area contributed by atoms with Gasteiger partial charge in [0.25, 0.3) is 0 Å². The van der Waals surface area contributed by atoms with E-state index in [0.29, 0.717) is 17.9 Å². The molecular weight excluding hydrogens is 312 g/mol. The Morgan fingerprint density at radius 3 is 2.30 bits per heavy atom. The Kier molecular flexibility index (Phi) is 3.10. The Morgan fingerprint density at radius 1 is 1.04 bits per heavy atom. The zero-order chi connectivity index (χ0) is 16.2. The number of ketones is 1. The first kappa shape index (κ1) is 14.5. The van der Waals surface area contributed by atoms with E-state index in [1.54, 1.807) is 0 Å². The van der Waals surface area contributed by atoms with Crippen LogP contribution in [0.25, 0.3) is 11.1 Å². The molecule has 1 heterocycles. The van der Waals surface area contributed by atoms with Gasteiger partial charge in [0.15, 0.2) is 11.4 Å². The number of benzene rings is 2. The first-order chi connectivity index (χ1) is 11.0. The van der Waals surface area contributed by atoms with Gasteiger partial charge >= 0.3 is 5.97 Å². The fourth-order valence-corrected chi connectivity index (χ4v) is 3.30. The van der Waals surface area contributed by atoms with Gasteiger partial charge in [0.2, 0.25) is 0 Å². The van der Waals surface area contributed by atoms with Crippen LogP contribution in [0.3, 0.4) is 0 Å². The second-order valence-electron chi connectivity index (χ2n) is 6.29. The van der Waals surface area contributed by atoms with E-state index in [1.165, 1.54) is 0 Å². The molecule has 116 valence electrons. The molecule has 3 nitrogen and oxygen atoms in total. The van der Waals surface area contributed by atoms with Gasteiger partial charge in [-0.3, -0.25) is 9.59 Å². The monoisotopic (exact) mass is 326 g/mol. The predicted octanol–water partition coefficient (Wildman–Crippen LogP) is 4.06. The highest BCUT2D eigenvalue weighted by Crippen LogP contribution is 2.50. The maximum atomic E-state index is 12.6. The van der Waals surface area contributed by atoms with Crippen molar-refractivity contribution in [3.63, 3.8) is 0 Å². The zero-order valence-corrected chi connectivity index (χ0v) is 13.4. The number of rotatable bonds is 2. The van der Waals surface area contributed by atoms with Crippen molar-refractivity contribution in [3.05, 3.63) is 58.6 Å². The quantitative estimate of drug-likeness (QED) is 0.617. The second kappa shape index (κ2) is 4.93. The molecule has 2 aliphatic rings. The van der Waals surface area contributed by atoms with Gasteiger partial charge in [0, 0.05) is 5.02 Å². The van der Waals surface area contributed by atoms with Crippen LogP contribution in [-0.2, 0) is 14.3 Å². The van der Waals surface area contributed by atoms with Crippen molar-refractivity contribution in [1.29, 1.82) is 0 Å². The molecule has 1 aliphatic carbocycles. The summed E-state index contributed by atoms with van der Waals surface area (Å²) in [5, 5.41) is 0.673. The molecule has 0 aromatic heterocycles. The number of ether oxygens (including phenoxy) is 1. The molecule has 1 saturated heterocycles. The van der Waals surface area contributed by atoms with Gasteiger partial charge in [-0.2, -0.15) is 0 Å². The summed E-state index contributed by atoms with van der Waals surface area (Å²) >= 11 is 5.93. The highest BCUT2D eigenvalue weighted by molar-refractivity contribution is 6.30. The smallest absolute Gasteiger partial charge is 0.322 e. The molecule has 2 aromatic rings. The predicted molar refractivity (Wildman–Crippen MR) is 87.4 cm³/mol.